The maximum atomic E-state index is 13.7. The Hall–Kier alpha value is -5.04. The highest BCUT2D eigenvalue weighted by Crippen LogP contribution is 2.30. The van der Waals surface area contributed by atoms with Gasteiger partial charge in [-0.25, -0.2) is 0 Å². The summed E-state index contributed by atoms with van der Waals surface area (Å²) in [4.78, 5) is 48.5. The van der Waals surface area contributed by atoms with E-state index in [-0.39, 0.29) is 29.3 Å². The van der Waals surface area contributed by atoms with Crippen molar-refractivity contribution in [3.8, 4) is 17.6 Å². The molecule has 10 heteroatoms. The lowest BCUT2D eigenvalue weighted by molar-refractivity contribution is -0.384. The minimum atomic E-state index is -0.681. The van der Waals surface area contributed by atoms with E-state index in [2.05, 4.69) is 0 Å². The molecule has 3 aromatic carbocycles. The fraction of sp³-hybridized carbons (Fsp3) is 0.120. The number of nitro benzene ring substituents is 1. The average Bonchev–Trinajstić information content (AvgIpc) is 2.82. The Morgan fingerprint density at radius 2 is 1.57 bits per heavy atom. The van der Waals surface area contributed by atoms with Crippen LogP contribution in [0, 0.1) is 21.4 Å². The van der Waals surface area contributed by atoms with Crippen LogP contribution in [0.2, 0.25) is 0 Å². The minimum Gasteiger partial charge on any atom is -0.427 e. The Bertz CT molecular complexity index is 1330. The monoisotopic (exact) mass is 473 g/mol. The van der Waals surface area contributed by atoms with Gasteiger partial charge in [-0.05, 0) is 42.0 Å². The summed E-state index contributed by atoms with van der Waals surface area (Å²) in [5.41, 5.74) is 1.34. The average molecular weight is 473 g/mol. The van der Waals surface area contributed by atoms with E-state index in [0.29, 0.717) is 16.8 Å². The van der Waals surface area contributed by atoms with Gasteiger partial charge in [0.25, 0.3) is 11.6 Å². The van der Waals surface area contributed by atoms with E-state index in [4.69, 9.17) is 14.7 Å². The minimum absolute atomic E-state index is 0.0161. The van der Waals surface area contributed by atoms with Gasteiger partial charge in [0.15, 0.2) is 0 Å². The topological polar surface area (TPSA) is 140 Å². The molecule has 0 spiro atoms. The highest BCUT2D eigenvalue weighted by Gasteiger charge is 2.24. The van der Waals surface area contributed by atoms with Crippen molar-refractivity contribution in [1.82, 2.24) is 0 Å². The lowest BCUT2D eigenvalue weighted by Gasteiger charge is -2.24. The van der Waals surface area contributed by atoms with Gasteiger partial charge in [-0.3, -0.25) is 24.5 Å². The van der Waals surface area contributed by atoms with E-state index >= 15 is 0 Å². The van der Waals surface area contributed by atoms with Gasteiger partial charge in [-0.15, -0.1) is 0 Å². The van der Waals surface area contributed by atoms with E-state index in [0.717, 1.165) is 0 Å². The van der Waals surface area contributed by atoms with Crippen molar-refractivity contribution in [2.24, 2.45) is 0 Å². The zero-order chi connectivity index (χ0) is 25.5. The third-order valence-electron chi connectivity index (χ3n) is 4.74. The van der Waals surface area contributed by atoms with E-state index in [1.165, 1.54) is 61.2 Å². The summed E-state index contributed by atoms with van der Waals surface area (Å²) in [6, 6.07) is 18.0. The van der Waals surface area contributed by atoms with Crippen LogP contribution in [0.25, 0.3) is 0 Å². The Labute approximate surface area is 200 Å². The Kier molecular flexibility index (Phi) is 7.53. The predicted octanol–water partition coefficient (Wildman–Crippen LogP) is 4.16. The number of hydrogen-bond donors (Lipinski definition) is 0. The molecule has 0 atom stereocenters. The van der Waals surface area contributed by atoms with Crippen molar-refractivity contribution in [1.29, 1.82) is 5.26 Å². The fourth-order valence-corrected chi connectivity index (χ4v) is 3.20. The van der Waals surface area contributed by atoms with Crippen LogP contribution in [0.5, 0.6) is 11.5 Å². The highest BCUT2D eigenvalue weighted by atomic mass is 16.6. The van der Waals surface area contributed by atoms with Crippen molar-refractivity contribution in [2.75, 3.05) is 4.90 Å². The van der Waals surface area contributed by atoms with Gasteiger partial charge in [0.1, 0.15) is 11.5 Å². The normalized spacial score (nSPS) is 10.1. The molecule has 0 N–H and O–H groups in total. The predicted molar refractivity (Wildman–Crippen MR) is 124 cm³/mol. The number of nitro groups is 1. The van der Waals surface area contributed by atoms with Gasteiger partial charge in [0, 0.05) is 37.7 Å². The number of ether oxygens (including phenoxy) is 2. The molecule has 10 nitrogen and oxygen atoms in total. The summed E-state index contributed by atoms with van der Waals surface area (Å²) in [5.74, 6) is -1.84. The van der Waals surface area contributed by atoms with Crippen LogP contribution >= 0.6 is 0 Å². The summed E-state index contributed by atoms with van der Waals surface area (Å²) < 4.78 is 10.2. The van der Waals surface area contributed by atoms with E-state index in [9.17, 15) is 24.5 Å². The Morgan fingerprint density at radius 1 is 0.943 bits per heavy atom. The molecule has 176 valence electrons. The van der Waals surface area contributed by atoms with Crippen molar-refractivity contribution in [3.63, 3.8) is 0 Å². The van der Waals surface area contributed by atoms with Gasteiger partial charge in [0.05, 0.1) is 28.7 Å². The lowest BCUT2D eigenvalue weighted by atomic mass is 10.1. The zero-order valence-electron chi connectivity index (χ0n) is 18.8. The van der Waals surface area contributed by atoms with E-state index < -0.39 is 22.8 Å². The lowest BCUT2D eigenvalue weighted by Crippen LogP contribution is -2.31. The number of carbonyl (C=O) groups excluding carboxylic acids is 3. The summed E-state index contributed by atoms with van der Waals surface area (Å²) >= 11 is 0. The molecule has 35 heavy (non-hydrogen) atoms. The summed E-state index contributed by atoms with van der Waals surface area (Å²) in [6.07, 6.45) is 0. The number of hydrogen-bond acceptors (Lipinski definition) is 8. The molecule has 0 aromatic heterocycles. The maximum absolute atomic E-state index is 13.7. The van der Waals surface area contributed by atoms with Crippen LogP contribution in [0.3, 0.4) is 0 Å². The molecule has 1 amide bonds. The smallest absolute Gasteiger partial charge is 0.308 e. The van der Waals surface area contributed by atoms with E-state index in [1.807, 2.05) is 6.07 Å². The summed E-state index contributed by atoms with van der Waals surface area (Å²) in [6.45, 7) is 2.40. The molecule has 0 aliphatic rings. The maximum Gasteiger partial charge on any atom is 0.308 e. The third kappa shape index (κ3) is 6.27. The SMILES string of the molecule is CC(=O)Oc1ccc(C(=O)N(Cc2ccc([N+](=O)[O-])cc2)c2ccc(C#N)cc2)c(OC(C)=O)c1. The van der Waals surface area contributed by atoms with Crippen molar-refractivity contribution in [2.45, 2.75) is 20.4 Å². The molecule has 0 aliphatic carbocycles. The standard InChI is InChI=1S/C25H19N3O7/c1-16(29)34-22-11-12-23(24(13-22)35-17(2)30)25(31)27(20-7-3-18(14-26)4-8-20)15-19-5-9-21(10-6-19)28(32)33/h3-13H,15H2,1-2H3. The van der Waals surface area contributed by atoms with Crippen LogP contribution in [0.15, 0.2) is 66.7 Å². The molecule has 0 fully saturated rings. The first-order chi connectivity index (χ1) is 16.7. The first-order valence-corrected chi connectivity index (χ1v) is 10.2. The van der Waals surface area contributed by atoms with Gasteiger partial charge in [0.2, 0.25) is 0 Å². The second-order valence-electron chi connectivity index (χ2n) is 7.32. The van der Waals surface area contributed by atoms with Crippen LogP contribution in [0.1, 0.15) is 35.3 Å². The fourth-order valence-electron chi connectivity index (χ4n) is 3.20. The second-order valence-corrected chi connectivity index (χ2v) is 7.32. The molecule has 0 unspecified atom stereocenters. The van der Waals surface area contributed by atoms with E-state index in [1.54, 1.807) is 24.3 Å². The number of rotatable bonds is 7. The van der Waals surface area contributed by atoms with Crippen LogP contribution in [-0.2, 0) is 16.1 Å². The number of anilines is 1. The summed E-state index contributed by atoms with van der Waals surface area (Å²) in [5, 5.41) is 20.1. The molecule has 0 saturated carbocycles. The largest absolute Gasteiger partial charge is 0.427 e. The number of carbonyl (C=O) groups is 3. The Balaban J connectivity index is 2.05. The van der Waals surface area contributed by atoms with Gasteiger partial charge < -0.3 is 14.4 Å². The zero-order valence-corrected chi connectivity index (χ0v) is 18.8. The van der Waals surface area contributed by atoms with Gasteiger partial charge >= 0.3 is 11.9 Å². The molecular formula is C25H19N3O7. The molecule has 3 rings (SSSR count). The first-order valence-electron chi connectivity index (χ1n) is 10.2. The van der Waals surface area contributed by atoms with Gasteiger partial charge in [-0.2, -0.15) is 5.26 Å². The number of nitriles is 1. The molecular weight excluding hydrogens is 454 g/mol. The number of nitrogens with zero attached hydrogens (tertiary/aromatic N) is 3. The van der Waals surface area contributed by atoms with Crippen molar-refractivity contribution in [3.05, 3.63) is 93.5 Å². The third-order valence-corrected chi connectivity index (χ3v) is 4.74. The number of esters is 2. The van der Waals surface area contributed by atoms with Gasteiger partial charge in [-0.1, -0.05) is 12.1 Å². The molecule has 0 bridgehead atoms. The van der Waals surface area contributed by atoms with Crippen molar-refractivity contribution < 1.29 is 28.8 Å². The number of non-ortho nitro benzene ring substituents is 1. The van der Waals surface area contributed by atoms with Crippen molar-refractivity contribution >= 4 is 29.2 Å². The van der Waals surface area contributed by atoms with Crippen LogP contribution < -0.4 is 14.4 Å². The van der Waals surface area contributed by atoms with Crippen LogP contribution in [-0.4, -0.2) is 22.8 Å². The molecule has 0 heterocycles. The Morgan fingerprint density at radius 3 is 2.11 bits per heavy atom. The summed E-state index contributed by atoms with van der Waals surface area (Å²) in [7, 11) is 0. The quantitative estimate of drug-likeness (QED) is 0.216. The number of benzene rings is 3. The van der Waals surface area contributed by atoms with Crippen LogP contribution in [0.4, 0.5) is 11.4 Å². The molecule has 3 aromatic rings. The molecule has 0 aliphatic heterocycles. The highest BCUT2D eigenvalue weighted by molar-refractivity contribution is 6.08. The molecule has 0 saturated heterocycles. The first kappa shape index (κ1) is 24.6. The number of amides is 1. The second kappa shape index (κ2) is 10.7. The molecule has 0 radical (unpaired) electrons.